The fraction of sp³-hybridized carbons (Fsp3) is 0.722. The summed E-state index contributed by atoms with van der Waals surface area (Å²) < 4.78 is 24.5. The molecule has 8 nitrogen and oxygen atoms in total. The smallest absolute Gasteiger partial charge is 0.225 e. The van der Waals surface area contributed by atoms with E-state index in [1.807, 2.05) is 0 Å². The molecule has 10 heteroatoms. The Morgan fingerprint density at radius 3 is 2.61 bits per heavy atom. The Kier molecular flexibility index (Phi) is 6.17. The molecule has 0 saturated carbocycles. The number of nitrogens with zero attached hydrogens (tertiary/aromatic N) is 3. The molecule has 1 aromatic rings. The number of hydrogen-bond acceptors (Lipinski definition) is 7. The van der Waals surface area contributed by atoms with Gasteiger partial charge in [-0.15, -0.1) is 12.4 Å². The fourth-order valence-corrected chi connectivity index (χ4v) is 5.31. The summed E-state index contributed by atoms with van der Waals surface area (Å²) in [6.07, 6.45) is 7.09. The van der Waals surface area contributed by atoms with Crippen LogP contribution >= 0.6 is 12.4 Å². The van der Waals surface area contributed by atoms with Gasteiger partial charge in [0, 0.05) is 44.8 Å². The molecule has 3 saturated heterocycles. The number of carbonyl (C=O) groups excluding carboxylic acids is 1. The Bertz CT molecular complexity index is 834. The molecule has 0 radical (unpaired) electrons. The molecular weight excluding hydrogens is 402 g/mol. The SMILES string of the molecule is CS(=O)(=O)c1cnc(N2CCC3(CC2)CNC(=O)C3)nc1C1CCCNC1.Cl. The average Bonchev–Trinajstić information content (AvgIpc) is 3.02. The van der Waals surface area contributed by atoms with Crippen LogP contribution < -0.4 is 15.5 Å². The monoisotopic (exact) mass is 429 g/mol. The Hall–Kier alpha value is -1.45. The van der Waals surface area contributed by atoms with E-state index < -0.39 is 9.84 Å². The van der Waals surface area contributed by atoms with Gasteiger partial charge >= 0.3 is 0 Å². The van der Waals surface area contributed by atoms with E-state index in [9.17, 15) is 13.2 Å². The molecule has 1 atom stereocenters. The van der Waals surface area contributed by atoms with E-state index in [0.29, 0.717) is 18.1 Å². The van der Waals surface area contributed by atoms with Crippen LogP contribution in [0, 0.1) is 5.41 Å². The minimum absolute atomic E-state index is 0. The summed E-state index contributed by atoms with van der Waals surface area (Å²) in [6.45, 7) is 4.04. The zero-order valence-electron chi connectivity index (χ0n) is 16.1. The molecule has 1 aromatic heterocycles. The third kappa shape index (κ3) is 4.26. The van der Waals surface area contributed by atoms with Crippen LogP contribution in [0.25, 0.3) is 0 Å². The lowest BCUT2D eigenvalue weighted by atomic mass is 9.78. The van der Waals surface area contributed by atoms with Crippen molar-refractivity contribution in [2.24, 2.45) is 5.41 Å². The van der Waals surface area contributed by atoms with E-state index in [2.05, 4.69) is 20.5 Å². The van der Waals surface area contributed by atoms with Crippen molar-refractivity contribution in [3.8, 4) is 0 Å². The molecule has 156 valence electrons. The molecule has 4 heterocycles. The number of nitrogens with one attached hydrogen (secondary N) is 2. The van der Waals surface area contributed by atoms with Crippen molar-refractivity contribution < 1.29 is 13.2 Å². The van der Waals surface area contributed by atoms with Crippen molar-refractivity contribution >= 4 is 34.1 Å². The number of rotatable bonds is 3. The predicted octanol–water partition coefficient (Wildman–Crippen LogP) is 0.875. The largest absolute Gasteiger partial charge is 0.356 e. The highest BCUT2D eigenvalue weighted by molar-refractivity contribution is 7.90. The Morgan fingerprint density at radius 2 is 2.04 bits per heavy atom. The van der Waals surface area contributed by atoms with Crippen LogP contribution in [0.2, 0.25) is 0 Å². The number of piperidine rings is 2. The van der Waals surface area contributed by atoms with Crippen LogP contribution in [0.4, 0.5) is 5.95 Å². The molecular formula is C18H28ClN5O3S. The Labute approximate surface area is 172 Å². The van der Waals surface area contributed by atoms with Gasteiger partial charge in [0.2, 0.25) is 11.9 Å². The van der Waals surface area contributed by atoms with Crippen molar-refractivity contribution in [2.45, 2.75) is 42.9 Å². The number of amides is 1. The first-order chi connectivity index (χ1) is 12.9. The quantitative estimate of drug-likeness (QED) is 0.734. The van der Waals surface area contributed by atoms with Crippen LogP contribution in [0.3, 0.4) is 0 Å². The highest BCUT2D eigenvalue weighted by Gasteiger charge is 2.41. The van der Waals surface area contributed by atoms with Crippen LogP contribution in [-0.4, -0.2) is 63.3 Å². The molecule has 0 bridgehead atoms. The van der Waals surface area contributed by atoms with Crippen LogP contribution in [-0.2, 0) is 14.6 Å². The second-order valence-corrected chi connectivity index (χ2v) is 10.2. The van der Waals surface area contributed by atoms with Gasteiger partial charge in [0.15, 0.2) is 9.84 Å². The summed E-state index contributed by atoms with van der Waals surface area (Å²) in [5.74, 6) is 0.845. The van der Waals surface area contributed by atoms with Crippen molar-refractivity contribution in [3.63, 3.8) is 0 Å². The molecule has 3 aliphatic heterocycles. The predicted molar refractivity (Wildman–Crippen MR) is 109 cm³/mol. The number of halogens is 1. The van der Waals surface area contributed by atoms with E-state index in [1.54, 1.807) is 0 Å². The van der Waals surface area contributed by atoms with Crippen molar-refractivity contribution in [1.82, 2.24) is 20.6 Å². The first-order valence-electron chi connectivity index (χ1n) is 9.66. The lowest BCUT2D eigenvalue weighted by Crippen LogP contribution is -2.42. The zero-order valence-corrected chi connectivity index (χ0v) is 17.7. The molecule has 28 heavy (non-hydrogen) atoms. The number of hydrogen-bond donors (Lipinski definition) is 2. The van der Waals surface area contributed by atoms with Crippen molar-refractivity contribution in [1.29, 1.82) is 0 Å². The zero-order chi connectivity index (χ0) is 19.1. The number of anilines is 1. The van der Waals surface area contributed by atoms with E-state index in [4.69, 9.17) is 4.98 Å². The summed E-state index contributed by atoms with van der Waals surface area (Å²) in [5.41, 5.74) is 0.712. The molecule has 3 aliphatic rings. The van der Waals surface area contributed by atoms with E-state index in [0.717, 1.165) is 58.4 Å². The maximum atomic E-state index is 12.2. The molecule has 1 amide bonds. The van der Waals surface area contributed by atoms with E-state index in [-0.39, 0.29) is 34.5 Å². The summed E-state index contributed by atoms with van der Waals surface area (Å²) in [5, 5.41) is 6.29. The summed E-state index contributed by atoms with van der Waals surface area (Å²) in [6, 6.07) is 0. The highest BCUT2D eigenvalue weighted by Crippen LogP contribution is 2.38. The number of sulfone groups is 1. The van der Waals surface area contributed by atoms with Crippen LogP contribution in [0.15, 0.2) is 11.1 Å². The van der Waals surface area contributed by atoms with Gasteiger partial charge in [0.25, 0.3) is 0 Å². The van der Waals surface area contributed by atoms with Gasteiger partial charge in [-0.25, -0.2) is 18.4 Å². The first kappa shape index (κ1) is 21.3. The third-order valence-electron chi connectivity index (χ3n) is 6.16. The fourth-order valence-electron chi connectivity index (χ4n) is 4.48. The maximum Gasteiger partial charge on any atom is 0.225 e. The van der Waals surface area contributed by atoms with E-state index in [1.165, 1.54) is 12.5 Å². The van der Waals surface area contributed by atoms with Crippen molar-refractivity contribution in [2.75, 3.05) is 43.9 Å². The maximum absolute atomic E-state index is 12.2. The standard InChI is InChI=1S/C18H27N5O3S.ClH/c1-27(25,26)14-11-20-17(22-16(14)13-3-2-6-19-10-13)23-7-4-18(5-8-23)9-15(24)21-12-18;/h11,13,19H,2-10,12H2,1H3,(H,21,24);1H. The molecule has 1 spiro atoms. The van der Waals surface area contributed by atoms with Gasteiger partial charge in [-0.1, -0.05) is 0 Å². The average molecular weight is 430 g/mol. The third-order valence-corrected chi connectivity index (χ3v) is 7.27. The van der Waals surface area contributed by atoms with Gasteiger partial charge in [0.05, 0.1) is 11.9 Å². The van der Waals surface area contributed by atoms with Crippen LogP contribution in [0.1, 0.15) is 43.7 Å². The Balaban J connectivity index is 0.00000225. The van der Waals surface area contributed by atoms with Crippen LogP contribution in [0.5, 0.6) is 0 Å². The topological polar surface area (TPSA) is 104 Å². The molecule has 2 N–H and O–H groups in total. The van der Waals surface area contributed by atoms with Gasteiger partial charge in [0.1, 0.15) is 4.90 Å². The van der Waals surface area contributed by atoms with Gasteiger partial charge in [-0.05, 0) is 37.6 Å². The lowest BCUT2D eigenvalue weighted by Gasteiger charge is -2.38. The Morgan fingerprint density at radius 1 is 1.29 bits per heavy atom. The van der Waals surface area contributed by atoms with Crippen molar-refractivity contribution in [3.05, 3.63) is 11.9 Å². The van der Waals surface area contributed by atoms with Gasteiger partial charge in [-0.3, -0.25) is 4.79 Å². The number of aromatic nitrogens is 2. The molecule has 0 aliphatic carbocycles. The second kappa shape index (κ2) is 8.12. The molecule has 1 unspecified atom stereocenters. The minimum Gasteiger partial charge on any atom is -0.356 e. The minimum atomic E-state index is -3.37. The van der Waals surface area contributed by atoms with Gasteiger partial charge in [-0.2, -0.15) is 0 Å². The molecule has 4 rings (SSSR count). The normalized spacial score (nSPS) is 24.7. The number of carbonyl (C=O) groups is 1. The molecule has 0 aromatic carbocycles. The van der Waals surface area contributed by atoms with E-state index >= 15 is 0 Å². The summed E-state index contributed by atoms with van der Waals surface area (Å²) >= 11 is 0. The summed E-state index contributed by atoms with van der Waals surface area (Å²) in [7, 11) is -3.37. The van der Waals surface area contributed by atoms with Gasteiger partial charge < -0.3 is 15.5 Å². The summed E-state index contributed by atoms with van der Waals surface area (Å²) in [4.78, 5) is 23.1. The lowest BCUT2D eigenvalue weighted by molar-refractivity contribution is -0.119. The first-order valence-corrected chi connectivity index (χ1v) is 11.5. The molecule has 3 fully saturated rings. The second-order valence-electron chi connectivity index (χ2n) is 8.18. The highest BCUT2D eigenvalue weighted by atomic mass is 35.5.